The van der Waals surface area contributed by atoms with Crippen LogP contribution in [0.3, 0.4) is 0 Å². The molecule has 110 valence electrons. The molecule has 0 aromatic heterocycles. The molecule has 2 unspecified atom stereocenters. The van der Waals surface area contributed by atoms with E-state index in [0.29, 0.717) is 0 Å². The molecule has 1 saturated carbocycles. The molecule has 1 heterocycles. The molecule has 3 nitrogen and oxygen atoms in total. The van der Waals surface area contributed by atoms with Crippen molar-refractivity contribution in [3.8, 4) is 0 Å². The van der Waals surface area contributed by atoms with Crippen molar-refractivity contribution in [1.29, 1.82) is 0 Å². The fourth-order valence-corrected chi connectivity index (χ4v) is 3.82. The number of hydrogen-bond donors (Lipinski definition) is 1. The predicted molar refractivity (Wildman–Crippen MR) is 77.2 cm³/mol. The summed E-state index contributed by atoms with van der Waals surface area (Å²) in [7, 11) is 0. The van der Waals surface area contributed by atoms with E-state index < -0.39 is 11.4 Å². The highest BCUT2D eigenvalue weighted by Crippen LogP contribution is 2.36. The molecule has 2 aliphatic rings. The first-order chi connectivity index (χ1) is 9.00. The molecule has 1 N–H and O–H groups in total. The monoisotopic (exact) mass is 267 g/mol. The number of nitrogens with zero attached hydrogens (tertiary/aromatic N) is 1. The van der Waals surface area contributed by atoms with Crippen molar-refractivity contribution in [2.45, 2.75) is 71.3 Å². The van der Waals surface area contributed by atoms with Crippen molar-refractivity contribution >= 4 is 5.97 Å². The van der Waals surface area contributed by atoms with Crippen LogP contribution in [0.4, 0.5) is 0 Å². The second-order valence-electron chi connectivity index (χ2n) is 7.08. The Morgan fingerprint density at radius 3 is 2.68 bits per heavy atom. The lowest BCUT2D eigenvalue weighted by Crippen LogP contribution is -2.42. The van der Waals surface area contributed by atoms with Crippen LogP contribution in [0.1, 0.15) is 65.2 Å². The molecule has 0 bridgehead atoms. The number of unbranched alkanes of at least 4 members (excludes halogenated alkanes) is 1. The van der Waals surface area contributed by atoms with Gasteiger partial charge in [0.25, 0.3) is 0 Å². The zero-order valence-electron chi connectivity index (χ0n) is 12.5. The van der Waals surface area contributed by atoms with Gasteiger partial charge in [-0.1, -0.05) is 12.8 Å². The van der Waals surface area contributed by atoms with Gasteiger partial charge in [0.2, 0.25) is 0 Å². The molecule has 0 aromatic rings. The van der Waals surface area contributed by atoms with Crippen LogP contribution in [-0.2, 0) is 4.79 Å². The summed E-state index contributed by atoms with van der Waals surface area (Å²) in [4.78, 5) is 13.7. The molecule has 1 aliphatic carbocycles. The summed E-state index contributed by atoms with van der Waals surface area (Å²) in [6, 6.07) is 0.848. The minimum atomic E-state index is -0.665. The molecular formula is C16H29NO2. The number of piperidine rings is 1. The molecule has 3 heteroatoms. The summed E-state index contributed by atoms with van der Waals surface area (Å²) in [6.45, 7) is 6.12. The molecule has 2 atom stereocenters. The highest BCUT2D eigenvalue weighted by molar-refractivity contribution is 5.73. The van der Waals surface area contributed by atoms with Crippen LogP contribution in [-0.4, -0.2) is 35.1 Å². The third-order valence-electron chi connectivity index (χ3n) is 5.18. The van der Waals surface area contributed by atoms with Crippen molar-refractivity contribution in [3.63, 3.8) is 0 Å². The summed E-state index contributed by atoms with van der Waals surface area (Å²) in [5, 5.41) is 9.10. The maximum Gasteiger partial charge on any atom is 0.309 e. The smallest absolute Gasteiger partial charge is 0.309 e. The predicted octanol–water partition coefficient (Wildman–Crippen LogP) is 3.53. The quantitative estimate of drug-likeness (QED) is 0.748. The highest BCUT2D eigenvalue weighted by Gasteiger charge is 2.34. The van der Waals surface area contributed by atoms with E-state index >= 15 is 0 Å². The van der Waals surface area contributed by atoms with E-state index in [-0.39, 0.29) is 0 Å². The van der Waals surface area contributed by atoms with Crippen molar-refractivity contribution in [2.24, 2.45) is 11.3 Å². The number of rotatable bonds is 6. The van der Waals surface area contributed by atoms with Crippen LogP contribution in [0.2, 0.25) is 0 Å². The van der Waals surface area contributed by atoms with E-state index in [0.717, 1.165) is 31.2 Å². The van der Waals surface area contributed by atoms with Crippen LogP contribution >= 0.6 is 0 Å². The first-order valence-electron chi connectivity index (χ1n) is 7.98. The molecule has 1 aliphatic heterocycles. The Balaban J connectivity index is 1.69. The summed E-state index contributed by atoms with van der Waals surface area (Å²) < 4.78 is 0. The Hall–Kier alpha value is -0.570. The van der Waals surface area contributed by atoms with E-state index in [1.165, 1.54) is 45.2 Å². The minimum absolute atomic E-state index is 0.558. The highest BCUT2D eigenvalue weighted by atomic mass is 16.4. The second kappa shape index (κ2) is 6.25. The Morgan fingerprint density at radius 2 is 1.95 bits per heavy atom. The molecule has 2 fully saturated rings. The average molecular weight is 267 g/mol. The van der Waals surface area contributed by atoms with Gasteiger partial charge in [0.1, 0.15) is 0 Å². The number of hydrogen-bond acceptors (Lipinski definition) is 2. The van der Waals surface area contributed by atoms with Crippen LogP contribution in [0.25, 0.3) is 0 Å². The van der Waals surface area contributed by atoms with E-state index in [1.54, 1.807) is 0 Å². The number of carboxylic acid groups (broad SMARTS) is 1. The third-order valence-corrected chi connectivity index (χ3v) is 5.18. The number of likely N-dealkylation sites (tertiary alicyclic amines) is 1. The van der Waals surface area contributed by atoms with E-state index in [4.69, 9.17) is 5.11 Å². The molecule has 0 radical (unpaired) electrons. The summed E-state index contributed by atoms with van der Waals surface area (Å²) in [6.07, 6.45) is 10.0. The fraction of sp³-hybridized carbons (Fsp3) is 0.938. The van der Waals surface area contributed by atoms with Gasteiger partial charge in [0.15, 0.2) is 0 Å². The van der Waals surface area contributed by atoms with Crippen molar-refractivity contribution < 1.29 is 9.90 Å². The Bertz CT molecular complexity index is 314. The van der Waals surface area contributed by atoms with E-state index in [1.807, 2.05) is 13.8 Å². The Labute approximate surface area is 117 Å². The number of carboxylic acids is 1. The number of carbonyl (C=O) groups is 1. The van der Waals surface area contributed by atoms with Gasteiger partial charge in [-0.2, -0.15) is 0 Å². The standard InChI is InChI=1S/C16H29NO2/c1-16(2,15(18)19)10-3-4-11-17-12-6-8-13-7-5-9-14(13)17/h13-14H,3-12H2,1-2H3,(H,18,19). The first-order valence-corrected chi connectivity index (χ1v) is 7.98. The molecule has 0 aromatic carbocycles. The average Bonchev–Trinajstić information content (AvgIpc) is 2.83. The van der Waals surface area contributed by atoms with Crippen LogP contribution < -0.4 is 0 Å². The van der Waals surface area contributed by atoms with Crippen LogP contribution in [0, 0.1) is 11.3 Å². The Morgan fingerprint density at radius 1 is 1.21 bits per heavy atom. The minimum Gasteiger partial charge on any atom is -0.481 e. The second-order valence-corrected chi connectivity index (χ2v) is 7.08. The topological polar surface area (TPSA) is 40.5 Å². The molecule has 1 saturated heterocycles. The van der Waals surface area contributed by atoms with Crippen molar-refractivity contribution in [2.75, 3.05) is 13.1 Å². The molecule has 0 spiro atoms. The lowest BCUT2D eigenvalue weighted by Gasteiger charge is -2.38. The lowest BCUT2D eigenvalue weighted by molar-refractivity contribution is -0.147. The van der Waals surface area contributed by atoms with Gasteiger partial charge in [0, 0.05) is 6.04 Å². The summed E-state index contributed by atoms with van der Waals surface area (Å²) >= 11 is 0. The normalized spacial score (nSPS) is 28.3. The van der Waals surface area contributed by atoms with Crippen molar-refractivity contribution in [1.82, 2.24) is 4.90 Å². The van der Waals surface area contributed by atoms with E-state index in [9.17, 15) is 4.79 Å². The largest absolute Gasteiger partial charge is 0.481 e. The van der Waals surface area contributed by atoms with Gasteiger partial charge in [-0.25, -0.2) is 0 Å². The maximum absolute atomic E-state index is 11.1. The van der Waals surface area contributed by atoms with Gasteiger partial charge in [-0.3, -0.25) is 4.79 Å². The van der Waals surface area contributed by atoms with Crippen LogP contribution in [0.5, 0.6) is 0 Å². The van der Waals surface area contributed by atoms with Crippen molar-refractivity contribution in [3.05, 3.63) is 0 Å². The van der Waals surface area contributed by atoms with Gasteiger partial charge in [0.05, 0.1) is 5.41 Å². The van der Waals surface area contributed by atoms with Gasteiger partial charge in [-0.15, -0.1) is 0 Å². The van der Waals surface area contributed by atoms with Gasteiger partial charge >= 0.3 is 5.97 Å². The molecular weight excluding hydrogens is 238 g/mol. The van der Waals surface area contributed by atoms with Gasteiger partial charge < -0.3 is 10.0 Å². The Kier molecular flexibility index (Phi) is 4.88. The summed E-state index contributed by atoms with van der Waals surface area (Å²) in [5.74, 6) is 0.297. The third kappa shape index (κ3) is 3.71. The fourth-order valence-electron chi connectivity index (χ4n) is 3.82. The van der Waals surface area contributed by atoms with Crippen LogP contribution in [0.15, 0.2) is 0 Å². The maximum atomic E-state index is 11.1. The molecule has 19 heavy (non-hydrogen) atoms. The number of fused-ring (bicyclic) bond motifs is 1. The van der Waals surface area contributed by atoms with E-state index in [2.05, 4.69) is 4.90 Å². The zero-order chi connectivity index (χ0) is 13.9. The summed E-state index contributed by atoms with van der Waals surface area (Å²) in [5.41, 5.74) is -0.558. The lowest BCUT2D eigenvalue weighted by atomic mass is 9.87. The molecule has 2 rings (SSSR count). The SMILES string of the molecule is CC(C)(CCCCN1CCCC2CCCC21)C(=O)O. The number of aliphatic carboxylic acids is 1. The molecule has 0 amide bonds. The van der Waals surface area contributed by atoms with Gasteiger partial charge in [-0.05, 0) is 71.4 Å². The zero-order valence-corrected chi connectivity index (χ0v) is 12.5. The first kappa shape index (κ1) is 14.8.